The molecule has 0 saturated heterocycles. The summed E-state index contributed by atoms with van der Waals surface area (Å²) in [5.74, 6) is 1.62. The number of aromatic nitrogens is 2. The summed E-state index contributed by atoms with van der Waals surface area (Å²) in [6.07, 6.45) is 5.27. The van der Waals surface area contributed by atoms with Crippen LogP contribution in [0.4, 0.5) is 0 Å². The Labute approximate surface area is 194 Å². The summed E-state index contributed by atoms with van der Waals surface area (Å²) in [7, 11) is 0. The number of hydrogen-bond acceptors (Lipinski definition) is 3. The maximum atomic E-state index is 12.5. The number of nitrogens with one attached hydrogen (secondary N) is 1. The van der Waals surface area contributed by atoms with Crippen molar-refractivity contribution in [3.05, 3.63) is 102 Å². The summed E-state index contributed by atoms with van der Waals surface area (Å²) in [6.45, 7) is 3.46. The van der Waals surface area contributed by atoms with Gasteiger partial charge in [0.2, 0.25) is 5.91 Å². The number of benzene rings is 3. The third kappa shape index (κ3) is 6.10. The fraction of sp³-hybridized carbons (Fsp3) is 0.214. The van der Waals surface area contributed by atoms with Gasteiger partial charge in [0, 0.05) is 12.6 Å². The molecular formula is C28H29N3O2. The van der Waals surface area contributed by atoms with E-state index in [0.717, 1.165) is 47.6 Å². The van der Waals surface area contributed by atoms with Gasteiger partial charge >= 0.3 is 0 Å². The van der Waals surface area contributed by atoms with Gasteiger partial charge in [-0.3, -0.25) is 4.79 Å². The first-order valence-corrected chi connectivity index (χ1v) is 11.4. The standard InChI is InChI=1S/C28H29N3O2/c1-22(29-27(32)19-18-23-12-4-2-5-13-23)28-30-25-16-8-9-17-26(25)31(28)20-10-11-21-33-24-14-6-3-7-15-24/h2-9,12-19,22H,10-11,20-21H2,1H3,(H,29,32)/b19-18-. The zero-order chi connectivity index (χ0) is 22.9. The van der Waals surface area contributed by atoms with Crippen molar-refractivity contribution in [2.45, 2.75) is 32.4 Å². The molecular weight excluding hydrogens is 410 g/mol. The molecule has 5 nitrogen and oxygen atoms in total. The molecule has 0 bridgehead atoms. The number of carbonyl (C=O) groups is 1. The fourth-order valence-electron chi connectivity index (χ4n) is 3.80. The van der Waals surface area contributed by atoms with Crippen LogP contribution in [0.25, 0.3) is 17.1 Å². The van der Waals surface area contributed by atoms with Crippen molar-refractivity contribution in [3.63, 3.8) is 0 Å². The predicted octanol–water partition coefficient (Wildman–Crippen LogP) is 5.79. The summed E-state index contributed by atoms with van der Waals surface area (Å²) < 4.78 is 8.03. The molecule has 0 saturated carbocycles. The van der Waals surface area contributed by atoms with Crippen molar-refractivity contribution in [2.75, 3.05) is 6.61 Å². The summed E-state index contributed by atoms with van der Waals surface area (Å²) in [4.78, 5) is 17.3. The Bertz CT molecular complexity index is 1200. The Balaban J connectivity index is 1.39. The van der Waals surface area contributed by atoms with Crippen LogP contribution >= 0.6 is 0 Å². The van der Waals surface area contributed by atoms with E-state index in [2.05, 4.69) is 16.0 Å². The van der Waals surface area contributed by atoms with Crippen LogP contribution in [-0.4, -0.2) is 22.1 Å². The molecule has 5 heteroatoms. The zero-order valence-electron chi connectivity index (χ0n) is 18.9. The molecule has 0 aliphatic rings. The van der Waals surface area contributed by atoms with Crippen molar-refractivity contribution >= 4 is 23.0 Å². The summed E-state index contributed by atoms with van der Waals surface area (Å²) in [5.41, 5.74) is 3.01. The van der Waals surface area contributed by atoms with Gasteiger partial charge in [-0.05, 0) is 55.7 Å². The maximum Gasteiger partial charge on any atom is 0.244 e. The van der Waals surface area contributed by atoms with Gasteiger partial charge in [-0.2, -0.15) is 0 Å². The van der Waals surface area contributed by atoms with E-state index in [1.807, 2.05) is 91.9 Å². The van der Waals surface area contributed by atoms with E-state index in [4.69, 9.17) is 9.72 Å². The monoisotopic (exact) mass is 439 g/mol. The highest BCUT2D eigenvalue weighted by molar-refractivity contribution is 5.92. The van der Waals surface area contributed by atoms with Crippen LogP contribution in [0.15, 0.2) is 91.0 Å². The average Bonchev–Trinajstić information content (AvgIpc) is 3.23. The second-order valence-corrected chi connectivity index (χ2v) is 7.95. The Morgan fingerprint density at radius 2 is 1.67 bits per heavy atom. The minimum absolute atomic E-state index is 0.138. The fourth-order valence-corrected chi connectivity index (χ4v) is 3.80. The average molecular weight is 440 g/mol. The normalized spacial score (nSPS) is 12.2. The molecule has 0 fully saturated rings. The number of unbranched alkanes of at least 4 members (excludes halogenated alkanes) is 1. The van der Waals surface area contributed by atoms with Crippen molar-refractivity contribution in [2.24, 2.45) is 0 Å². The van der Waals surface area contributed by atoms with Crippen LogP contribution in [0.3, 0.4) is 0 Å². The minimum atomic E-state index is -0.217. The second kappa shape index (κ2) is 11.1. The number of para-hydroxylation sites is 3. The molecule has 1 atom stereocenters. The molecule has 33 heavy (non-hydrogen) atoms. The van der Waals surface area contributed by atoms with E-state index in [1.165, 1.54) is 0 Å². The van der Waals surface area contributed by atoms with Crippen molar-refractivity contribution in [1.82, 2.24) is 14.9 Å². The first-order valence-electron chi connectivity index (χ1n) is 11.4. The highest BCUT2D eigenvalue weighted by atomic mass is 16.5. The minimum Gasteiger partial charge on any atom is -0.494 e. The third-order valence-corrected chi connectivity index (χ3v) is 5.44. The summed E-state index contributed by atoms with van der Waals surface area (Å²) in [6, 6.07) is 27.6. The number of carbonyl (C=O) groups excluding carboxylic acids is 1. The van der Waals surface area contributed by atoms with Gasteiger partial charge in [0.05, 0.1) is 23.7 Å². The van der Waals surface area contributed by atoms with Crippen LogP contribution in [0.5, 0.6) is 5.75 Å². The lowest BCUT2D eigenvalue weighted by Gasteiger charge is -2.16. The molecule has 4 aromatic rings. The van der Waals surface area contributed by atoms with E-state index in [1.54, 1.807) is 6.08 Å². The molecule has 0 aliphatic carbocycles. The Kier molecular flexibility index (Phi) is 7.54. The highest BCUT2D eigenvalue weighted by Gasteiger charge is 2.17. The summed E-state index contributed by atoms with van der Waals surface area (Å²) >= 11 is 0. The molecule has 0 aliphatic heterocycles. The van der Waals surface area contributed by atoms with E-state index in [-0.39, 0.29) is 11.9 Å². The van der Waals surface area contributed by atoms with Crippen molar-refractivity contribution in [3.8, 4) is 5.75 Å². The molecule has 1 amide bonds. The number of hydrogen-bond donors (Lipinski definition) is 1. The second-order valence-electron chi connectivity index (χ2n) is 7.95. The molecule has 0 radical (unpaired) electrons. The number of rotatable bonds is 10. The molecule has 1 unspecified atom stereocenters. The van der Waals surface area contributed by atoms with Gasteiger partial charge in [0.1, 0.15) is 11.6 Å². The number of imidazole rings is 1. The van der Waals surface area contributed by atoms with Crippen LogP contribution in [0.2, 0.25) is 0 Å². The predicted molar refractivity (Wildman–Crippen MR) is 133 cm³/mol. The highest BCUT2D eigenvalue weighted by Crippen LogP contribution is 2.22. The van der Waals surface area contributed by atoms with Gasteiger partial charge in [0.15, 0.2) is 0 Å². The van der Waals surface area contributed by atoms with Gasteiger partial charge < -0.3 is 14.6 Å². The van der Waals surface area contributed by atoms with Gasteiger partial charge in [-0.1, -0.05) is 60.7 Å². The quantitative estimate of drug-likeness (QED) is 0.251. The lowest BCUT2D eigenvalue weighted by Crippen LogP contribution is -2.27. The molecule has 3 aromatic carbocycles. The van der Waals surface area contributed by atoms with E-state index >= 15 is 0 Å². The Morgan fingerprint density at radius 3 is 2.45 bits per heavy atom. The molecule has 0 spiro atoms. The lowest BCUT2D eigenvalue weighted by molar-refractivity contribution is -0.117. The van der Waals surface area contributed by atoms with Crippen LogP contribution < -0.4 is 10.1 Å². The largest absolute Gasteiger partial charge is 0.494 e. The zero-order valence-corrected chi connectivity index (χ0v) is 18.9. The van der Waals surface area contributed by atoms with Crippen molar-refractivity contribution < 1.29 is 9.53 Å². The summed E-state index contributed by atoms with van der Waals surface area (Å²) in [5, 5.41) is 3.06. The Morgan fingerprint density at radius 1 is 0.970 bits per heavy atom. The first kappa shape index (κ1) is 22.3. The van der Waals surface area contributed by atoms with Gasteiger partial charge in [-0.15, -0.1) is 0 Å². The van der Waals surface area contributed by atoms with Crippen LogP contribution in [-0.2, 0) is 11.3 Å². The van der Waals surface area contributed by atoms with E-state index in [9.17, 15) is 4.79 Å². The van der Waals surface area contributed by atoms with E-state index < -0.39 is 0 Å². The van der Waals surface area contributed by atoms with Gasteiger partial charge in [0.25, 0.3) is 0 Å². The molecule has 168 valence electrons. The smallest absolute Gasteiger partial charge is 0.244 e. The maximum absolute atomic E-state index is 12.5. The number of aryl methyl sites for hydroxylation is 1. The molecule has 1 heterocycles. The lowest BCUT2D eigenvalue weighted by atomic mass is 10.2. The number of fused-ring (bicyclic) bond motifs is 1. The first-order chi connectivity index (χ1) is 16.2. The van der Waals surface area contributed by atoms with E-state index in [0.29, 0.717) is 6.61 Å². The topological polar surface area (TPSA) is 56.2 Å². The van der Waals surface area contributed by atoms with Gasteiger partial charge in [-0.25, -0.2) is 4.98 Å². The molecule has 1 aromatic heterocycles. The molecule has 4 rings (SSSR count). The molecule has 1 N–H and O–H groups in total. The van der Waals surface area contributed by atoms with Crippen LogP contribution in [0, 0.1) is 0 Å². The van der Waals surface area contributed by atoms with Crippen LogP contribution in [0.1, 0.15) is 37.2 Å². The number of nitrogens with zero attached hydrogens (tertiary/aromatic N) is 2. The number of amides is 1. The van der Waals surface area contributed by atoms with Crippen molar-refractivity contribution in [1.29, 1.82) is 0 Å². The Hall–Kier alpha value is -3.86. The number of ether oxygens (including phenoxy) is 1. The SMILES string of the molecule is CC(NC(=O)/C=C\c1ccccc1)c1nc2ccccc2n1CCCCOc1ccccc1. The third-order valence-electron chi connectivity index (χ3n) is 5.44.